The van der Waals surface area contributed by atoms with Gasteiger partial charge in [0.2, 0.25) is 0 Å². The molecule has 1 aromatic rings. The van der Waals surface area contributed by atoms with E-state index in [0.29, 0.717) is 18.9 Å². The molecular weight excluding hydrogens is 210 g/mol. The first-order valence-corrected chi connectivity index (χ1v) is 5.76. The third kappa shape index (κ3) is 3.11. The second kappa shape index (κ2) is 4.42. The Morgan fingerprint density at radius 2 is 1.80 bits per heavy atom. The van der Waals surface area contributed by atoms with Crippen LogP contribution >= 0.6 is 11.6 Å². The number of nitrogens with one attached hydrogen (secondary N) is 1. The van der Waals surface area contributed by atoms with Gasteiger partial charge in [0.05, 0.1) is 0 Å². The molecule has 2 nitrogen and oxygen atoms in total. The number of halogens is 1. The van der Waals surface area contributed by atoms with E-state index < -0.39 is 5.06 Å². The molecule has 82 valence electrons. The van der Waals surface area contributed by atoms with Gasteiger partial charge in [-0.25, -0.2) is 0 Å². The fourth-order valence-corrected chi connectivity index (χ4v) is 2.19. The average molecular weight is 226 g/mol. The summed E-state index contributed by atoms with van der Waals surface area (Å²) in [5.41, 5.74) is 1.14. The van der Waals surface area contributed by atoms with Crippen molar-refractivity contribution in [1.82, 2.24) is 0 Å². The van der Waals surface area contributed by atoms with Crippen molar-refractivity contribution in [2.45, 2.75) is 36.8 Å². The number of rotatable bonds is 2. The van der Waals surface area contributed by atoms with Gasteiger partial charge < -0.3 is 10.4 Å². The molecule has 1 aliphatic rings. The van der Waals surface area contributed by atoms with Gasteiger partial charge in [0, 0.05) is 11.7 Å². The minimum Gasteiger partial charge on any atom is -0.382 e. The highest BCUT2D eigenvalue weighted by atomic mass is 35.5. The maximum atomic E-state index is 9.60. The summed E-state index contributed by atoms with van der Waals surface area (Å²) in [5, 5.41) is 12.1. The highest BCUT2D eigenvalue weighted by Crippen LogP contribution is 2.32. The minimum atomic E-state index is -0.963. The lowest BCUT2D eigenvalue weighted by molar-refractivity contribution is 0.0827. The van der Waals surface area contributed by atoms with Crippen LogP contribution in [0.5, 0.6) is 0 Å². The monoisotopic (exact) mass is 225 g/mol. The first-order valence-electron chi connectivity index (χ1n) is 5.39. The topological polar surface area (TPSA) is 32.3 Å². The second-order valence-corrected chi connectivity index (χ2v) is 4.91. The van der Waals surface area contributed by atoms with Crippen molar-refractivity contribution in [2.24, 2.45) is 0 Å². The van der Waals surface area contributed by atoms with Crippen LogP contribution in [-0.4, -0.2) is 16.2 Å². The molecular formula is C12H16ClNO. The van der Waals surface area contributed by atoms with Gasteiger partial charge in [-0.1, -0.05) is 29.8 Å². The highest BCUT2D eigenvalue weighted by molar-refractivity contribution is 6.22. The Bertz CT molecular complexity index is 303. The molecule has 1 aliphatic carbocycles. The maximum absolute atomic E-state index is 9.60. The van der Waals surface area contributed by atoms with Crippen LogP contribution in [0.4, 0.5) is 5.69 Å². The molecule has 2 rings (SSSR count). The molecule has 3 heteroatoms. The standard InChI is InChI=1S/C12H16ClNO/c13-12(15)8-6-11(7-9-12)14-10-4-2-1-3-5-10/h1-5,11,14-15H,6-9H2. The number of aliphatic hydroxyl groups is 1. The quantitative estimate of drug-likeness (QED) is 0.759. The fraction of sp³-hybridized carbons (Fsp3) is 0.500. The summed E-state index contributed by atoms with van der Waals surface area (Å²) in [6, 6.07) is 10.6. The molecule has 0 unspecified atom stereocenters. The third-order valence-electron chi connectivity index (χ3n) is 2.90. The van der Waals surface area contributed by atoms with Crippen molar-refractivity contribution in [3.63, 3.8) is 0 Å². The third-order valence-corrected chi connectivity index (χ3v) is 3.27. The Kier molecular flexibility index (Phi) is 3.17. The number of benzene rings is 1. The smallest absolute Gasteiger partial charge is 0.138 e. The normalized spacial score (nSPS) is 31.2. The summed E-state index contributed by atoms with van der Waals surface area (Å²) in [5.74, 6) is 0. The molecule has 1 aromatic carbocycles. The van der Waals surface area contributed by atoms with Gasteiger partial charge in [0.15, 0.2) is 0 Å². The molecule has 1 fully saturated rings. The van der Waals surface area contributed by atoms with Crippen LogP contribution in [0.1, 0.15) is 25.7 Å². The number of anilines is 1. The van der Waals surface area contributed by atoms with Crippen LogP contribution in [0.15, 0.2) is 30.3 Å². The van der Waals surface area contributed by atoms with Gasteiger partial charge in [0.1, 0.15) is 5.06 Å². The number of hydrogen-bond donors (Lipinski definition) is 2. The van der Waals surface area contributed by atoms with Crippen molar-refractivity contribution in [1.29, 1.82) is 0 Å². The van der Waals surface area contributed by atoms with Crippen molar-refractivity contribution < 1.29 is 5.11 Å². The van der Waals surface area contributed by atoms with Gasteiger partial charge >= 0.3 is 0 Å². The number of para-hydroxylation sites is 1. The maximum Gasteiger partial charge on any atom is 0.138 e. The molecule has 0 atom stereocenters. The summed E-state index contributed by atoms with van der Waals surface area (Å²) >= 11 is 5.87. The largest absolute Gasteiger partial charge is 0.382 e. The van der Waals surface area contributed by atoms with Crippen LogP contribution in [0, 0.1) is 0 Å². The van der Waals surface area contributed by atoms with Gasteiger partial charge in [-0.2, -0.15) is 0 Å². The zero-order valence-electron chi connectivity index (χ0n) is 8.62. The van der Waals surface area contributed by atoms with Gasteiger partial charge in [0.25, 0.3) is 0 Å². The molecule has 0 radical (unpaired) electrons. The van der Waals surface area contributed by atoms with Crippen LogP contribution in [0.3, 0.4) is 0 Å². The minimum absolute atomic E-state index is 0.437. The molecule has 0 spiro atoms. The number of hydrogen-bond acceptors (Lipinski definition) is 2. The Morgan fingerprint density at radius 3 is 2.40 bits per heavy atom. The van der Waals surface area contributed by atoms with E-state index in [2.05, 4.69) is 17.4 Å². The molecule has 1 saturated carbocycles. The van der Waals surface area contributed by atoms with Crippen LogP contribution < -0.4 is 5.32 Å². The SMILES string of the molecule is OC1(Cl)CCC(Nc2ccccc2)CC1. The van der Waals surface area contributed by atoms with Gasteiger partial charge in [-0.05, 0) is 37.8 Å². The molecule has 0 aromatic heterocycles. The van der Waals surface area contributed by atoms with Crippen LogP contribution in [0.25, 0.3) is 0 Å². The van der Waals surface area contributed by atoms with E-state index in [1.165, 1.54) is 0 Å². The van der Waals surface area contributed by atoms with E-state index >= 15 is 0 Å². The van der Waals surface area contributed by atoms with Crippen molar-refractivity contribution in [2.75, 3.05) is 5.32 Å². The average Bonchev–Trinajstić information content (AvgIpc) is 2.23. The Morgan fingerprint density at radius 1 is 1.20 bits per heavy atom. The predicted octanol–water partition coefficient (Wildman–Crippen LogP) is 2.97. The van der Waals surface area contributed by atoms with Gasteiger partial charge in [-0.15, -0.1) is 0 Å². The summed E-state index contributed by atoms with van der Waals surface area (Å²) in [6.07, 6.45) is 3.18. The first kappa shape index (κ1) is 10.8. The van der Waals surface area contributed by atoms with E-state index in [1.54, 1.807) is 0 Å². The van der Waals surface area contributed by atoms with Gasteiger partial charge in [-0.3, -0.25) is 0 Å². The van der Waals surface area contributed by atoms with Crippen molar-refractivity contribution >= 4 is 17.3 Å². The first-order chi connectivity index (χ1) is 7.16. The lowest BCUT2D eigenvalue weighted by atomic mass is 9.92. The Balaban J connectivity index is 1.88. The van der Waals surface area contributed by atoms with E-state index in [0.717, 1.165) is 18.5 Å². The Hall–Kier alpha value is -0.730. The predicted molar refractivity (Wildman–Crippen MR) is 63.1 cm³/mol. The molecule has 2 N–H and O–H groups in total. The highest BCUT2D eigenvalue weighted by Gasteiger charge is 2.30. The van der Waals surface area contributed by atoms with Crippen molar-refractivity contribution in [3.8, 4) is 0 Å². The van der Waals surface area contributed by atoms with E-state index in [4.69, 9.17) is 11.6 Å². The molecule has 0 bridgehead atoms. The fourth-order valence-electron chi connectivity index (χ4n) is 1.97. The molecule has 0 heterocycles. The van der Waals surface area contributed by atoms with Crippen LogP contribution in [-0.2, 0) is 0 Å². The zero-order chi connectivity index (χ0) is 10.7. The summed E-state index contributed by atoms with van der Waals surface area (Å²) < 4.78 is 0. The Labute approximate surface area is 95.3 Å². The van der Waals surface area contributed by atoms with Crippen molar-refractivity contribution in [3.05, 3.63) is 30.3 Å². The number of alkyl halides is 1. The van der Waals surface area contributed by atoms with E-state index in [9.17, 15) is 5.11 Å². The molecule has 15 heavy (non-hydrogen) atoms. The lowest BCUT2D eigenvalue weighted by Gasteiger charge is -2.32. The second-order valence-electron chi connectivity index (χ2n) is 4.20. The summed E-state index contributed by atoms with van der Waals surface area (Å²) in [4.78, 5) is 0. The van der Waals surface area contributed by atoms with Crippen LogP contribution in [0.2, 0.25) is 0 Å². The molecule has 0 amide bonds. The summed E-state index contributed by atoms with van der Waals surface area (Å²) in [6.45, 7) is 0. The van der Waals surface area contributed by atoms with E-state index in [-0.39, 0.29) is 0 Å². The summed E-state index contributed by atoms with van der Waals surface area (Å²) in [7, 11) is 0. The molecule has 0 aliphatic heterocycles. The van der Waals surface area contributed by atoms with E-state index in [1.807, 2.05) is 18.2 Å². The molecule has 0 saturated heterocycles. The zero-order valence-corrected chi connectivity index (χ0v) is 9.37. The lowest BCUT2D eigenvalue weighted by Crippen LogP contribution is -2.33.